The number of rotatable bonds is 8. The summed E-state index contributed by atoms with van der Waals surface area (Å²) < 4.78 is 38.2. The van der Waals surface area contributed by atoms with Crippen LogP contribution < -0.4 is 0 Å². The van der Waals surface area contributed by atoms with Crippen molar-refractivity contribution in [3.8, 4) is 6.07 Å². The lowest BCUT2D eigenvalue weighted by Crippen LogP contribution is -2.17. The fraction of sp³-hybridized carbons (Fsp3) is 0.765. The van der Waals surface area contributed by atoms with Crippen molar-refractivity contribution in [1.29, 1.82) is 5.26 Å². The van der Waals surface area contributed by atoms with E-state index in [1.54, 1.807) is 0 Å². The van der Waals surface area contributed by atoms with Crippen LogP contribution in [0.3, 0.4) is 0 Å². The Morgan fingerprint density at radius 1 is 1.17 bits per heavy atom. The number of carbonyl (C=O) groups excluding carboxylic acids is 1. The first kappa shape index (κ1) is 20.1. The van der Waals surface area contributed by atoms with E-state index in [1.165, 1.54) is 0 Å². The van der Waals surface area contributed by atoms with Crippen molar-refractivity contribution in [1.82, 2.24) is 0 Å². The average Bonchev–Trinajstić information content (AvgIpc) is 2.52. The number of nitrogens with zero attached hydrogens (tertiary/aromatic N) is 1. The number of ketones is 1. The Bertz CT molecular complexity index is 459. The standard InChI is InChI=1S/C17H24F3NOS/c1-2-3-7-14(12-21)16(23-17(18,19)20)11-10-15(22)13-8-5-4-6-9-13/h13H,2-11H2,1H3/b16-14+. The van der Waals surface area contributed by atoms with Gasteiger partial charge in [-0.2, -0.15) is 18.4 Å². The van der Waals surface area contributed by atoms with Crippen molar-refractivity contribution in [2.75, 3.05) is 0 Å². The number of hydrogen-bond donors (Lipinski definition) is 0. The third-order valence-corrected chi connectivity index (χ3v) is 5.08. The average molecular weight is 347 g/mol. The number of halogens is 3. The molecule has 6 heteroatoms. The summed E-state index contributed by atoms with van der Waals surface area (Å²) in [6.45, 7) is 1.93. The molecule has 1 aliphatic carbocycles. The number of carbonyl (C=O) groups is 1. The Kier molecular flexibility index (Phi) is 8.75. The summed E-state index contributed by atoms with van der Waals surface area (Å²) in [5.41, 5.74) is -4.23. The van der Waals surface area contributed by atoms with Gasteiger partial charge in [-0.05, 0) is 43.9 Å². The summed E-state index contributed by atoms with van der Waals surface area (Å²) in [6.07, 6.45) is 6.88. The van der Waals surface area contributed by atoms with E-state index in [1.807, 2.05) is 13.0 Å². The number of thioether (sulfide) groups is 1. The highest BCUT2D eigenvalue weighted by molar-refractivity contribution is 8.03. The molecule has 1 rings (SSSR count). The van der Waals surface area contributed by atoms with Gasteiger partial charge in [-0.3, -0.25) is 4.79 Å². The smallest absolute Gasteiger partial charge is 0.299 e. The molecule has 0 unspecified atom stereocenters. The maximum absolute atomic E-state index is 12.7. The second kappa shape index (κ2) is 10.0. The van der Waals surface area contributed by atoms with Crippen LogP contribution in [0.25, 0.3) is 0 Å². The molecule has 1 fully saturated rings. The quantitative estimate of drug-likeness (QED) is 0.495. The molecule has 0 spiro atoms. The molecule has 1 aliphatic rings. The zero-order valence-electron chi connectivity index (χ0n) is 13.5. The van der Waals surface area contributed by atoms with Crippen molar-refractivity contribution in [2.45, 2.75) is 76.6 Å². The molecule has 0 aromatic heterocycles. The van der Waals surface area contributed by atoms with Crippen LogP contribution in [-0.4, -0.2) is 11.3 Å². The number of allylic oxidation sites excluding steroid dienone is 2. The zero-order valence-corrected chi connectivity index (χ0v) is 14.4. The van der Waals surface area contributed by atoms with Crippen LogP contribution in [0.4, 0.5) is 13.2 Å². The third kappa shape index (κ3) is 7.92. The molecule has 0 N–H and O–H groups in total. The van der Waals surface area contributed by atoms with Gasteiger partial charge in [0.25, 0.3) is 0 Å². The van der Waals surface area contributed by atoms with E-state index in [0.717, 1.165) is 38.5 Å². The summed E-state index contributed by atoms with van der Waals surface area (Å²) in [6, 6.07) is 1.91. The van der Waals surface area contributed by atoms with E-state index in [-0.39, 0.29) is 46.8 Å². The molecule has 0 amide bonds. The molecule has 2 nitrogen and oxygen atoms in total. The normalized spacial score (nSPS) is 17.5. The lowest BCUT2D eigenvalue weighted by atomic mass is 9.85. The van der Waals surface area contributed by atoms with Gasteiger partial charge >= 0.3 is 5.51 Å². The Morgan fingerprint density at radius 3 is 2.35 bits per heavy atom. The van der Waals surface area contributed by atoms with Gasteiger partial charge in [0.1, 0.15) is 5.78 Å². The van der Waals surface area contributed by atoms with Gasteiger partial charge in [0.2, 0.25) is 0 Å². The van der Waals surface area contributed by atoms with Crippen LogP contribution in [-0.2, 0) is 4.79 Å². The van der Waals surface area contributed by atoms with Crippen molar-refractivity contribution in [2.24, 2.45) is 5.92 Å². The number of hydrogen-bond acceptors (Lipinski definition) is 3. The fourth-order valence-electron chi connectivity index (χ4n) is 2.88. The van der Waals surface area contributed by atoms with E-state index in [9.17, 15) is 18.0 Å². The summed E-state index contributed by atoms with van der Waals surface area (Å²) >= 11 is -0.221. The topological polar surface area (TPSA) is 40.9 Å². The molecule has 0 saturated heterocycles. The van der Waals surface area contributed by atoms with Crippen LogP contribution in [0.5, 0.6) is 0 Å². The molecular weight excluding hydrogens is 323 g/mol. The molecule has 0 heterocycles. The molecule has 23 heavy (non-hydrogen) atoms. The predicted octanol–water partition coefficient (Wildman–Crippen LogP) is 6.14. The molecule has 0 aromatic carbocycles. The van der Waals surface area contributed by atoms with Gasteiger partial charge in [-0.25, -0.2) is 0 Å². The number of unbranched alkanes of at least 4 members (excludes halogenated alkanes) is 1. The summed E-state index contributed by atoms with van der Waals surface area (Å²) in [5, 5.41) is 9.16. The zero-order chi connectivity index (χ0) is 17.3. The van der Waals surface area contributed by atoms with Crippen LogP contribution in [0.1, 0.15) is 71.1 Å². The van der Waals surface area contributed by atoms with Gasteiger partial charge in [0.15, 0.2) is 0 Å². The third-order valence-electron chi connectivity index (χ3n) is 4.15. The van der Waals surface area contributed by atoms with Crippen molar-refractivity contribution >= 4 is 17.5 Å². The molecule has 0 radical (unpaired) electrons. The lowest BCUT2D eigenvalue weighted by Gasteiger charge is -2.20. The Hall–Kier alpha value is -0.960. The van der Waals surface area contributed by atoms with Crippen molar-refractivity contribution in [3.63, 3.8) is 0 Å². The molecule has 0 atom stereocenters. The minimum atomic E-state index is -4.42. The molecule has 0 aliphatic heterocycles. The van der Waals surface area contributed by atoms with E-state index < -0.39 is 5.51 Å². The maximum Gasteiger partial charge on any atom is 0.446 e. The van der Waals surface area contributed by atoms with Crippen LogP contribution in [0, 0.1) is 17.2 Å². The monoisotopic (exact) mass is 347 g/mol. The van der Waals surface area contributed by atoms with Crippen LogP contribution in [0.2, 0.25) is 0 Å². The highest BCUT2D eigenvalue weighted by atomic mass is 32.2. The summed E-state index contributed by atoms with van der Waals surface area (Å²) in [5.74, 6) is 0.0554. The first-order valence-electron chi connectivity index (χ1n) is 8.28. The second-order valence-electron chi connectivity index (χ2n) is 5.97. The van der Waals surface area contributed by atoms with E-state index >= 15 is 0 Å². The predicted molar refractivity (Wildman–Crippen MR) is 86.6 cm³/mol. The molecule has 0 aromatic rings. The molecule has 1 saturated carbocycles. The Labute approximate surface area is 140 Å². The minimum Gasteiger partial charge on any atom is -0.299 e. The van der Waals surface area contributed by atoms with Gasteiger partial charge in [0.05, 0.1) is 6.07 Å². The van der Waals surface area contributed by atoms with Gasteiger partial charge in [-0.1, -0.05) is 32.6 Å². The SMILES string of the molecule is CCCC/C(C#N)=C(/CCC(=O)C1CCCCC1)SC(F)(F)F. The lowest BCUT2D eigenvalue weighted by molar-refractivity contribution is -0.123. The van der Waals surface area contributed by atoms with Crippen LogP contribution in [0.15, 0.2) is 10.5 Å². The highest BCUT2D eigenvalue weighted by Crippen LogP contribution is 2.41. The molecule has 0 bridgehead atoms. The Balaban J connectivity index is 2.73. The highest BCUT2D eigenvalue weighted by Gasteiger charge is 2.32. The Morgan fingerprint density at radius 2 is 1.83 bits per heavy atom. The number of Topliss-reactive ketones (excluding diaryl/α,β-unsaturated/α-hetero) is 1. The molecule has 130 valence electrons. The first-order valence-corrected chi connectivity index (χ1v) is 9.09. The van der Waals surface area contributed by atoms with Crippen molar-refractivity contribution < 1.29 is 18.0 Å². The number of nitriles is 1. The van der Waals surface area contributed by atoms with E-state index in [2.05, 4.69) is 0 Å². The largest absolute Gasteiger partial charge is 0.446 e. The number of alkyl halides is 3. The second-order valence-corrected chi connectivity index (χ2v) is 7.13. The first-order chi connectivity index (χ1) is 10.9. The van der Waals surface area contributed by atoms with Gasteiger partial charge in [0, 0.05) is 22.8 Å². The minimum absolute atomic E-state index is 0.00191. The van der Waals surface area contributed by atoms with E-state index in [4.69, 9.17) is 5.26 Å². The van der Waals surface area contributed by atoms with Crippen molar-refractivity contribution in [3.05, 3.63) is 10.5 Å². The van der Waals surface area contributed by atoms with Gasteiger partial charge < -0.3 is 0 Å². The molecular formula is C17H24F3NOS. The van der Waals surface area contributed by atoms with Crippen LogP contribution >= 0.6 is 11.8 Å². The fourth-order valence-corrected chi connectivity index (χ4v) is 3.63. The summed E-state index contributed by atoms with van der Waals surface area (Å²) in [7, 11) is 0. The maximum atomic E-state index is 12.7. The van der Waals surface area contributed by atoms with Gasteiger partial charge in [-0.15, -0.1) is 0 Å². The summed E-state index contributed by atoms with van der Waals surface area (Å²) in [4.78, 5) is 12.2. The van der Waals surface area contributed by atoms with E-state index in [0.29, 0.717) is 12.8 Å².